The second-order valence-electron chi connectivity index (χ2n) is 7.25. The lowest BCUT2D eigenvalue weighted by molar-refractivity contribution is 0.751. The van der Waals surface area contributed by atoms with Crippen molar-refractivity contribution in [3.63, 3.8) is 0 Å². The monoisotopic (exact) mass is 354 g/mol. The Kier molecular flexibility index (Phi) is 12.1. The third kappa shape index (κ3) is 8.53. The molecule has 0 fully saturated rings. The van der Waals surface area contributed by atoms with Crippen LogP contribution in [0.4, 0.5) is 0 Å². The van der Waals surface area contributed by atoms with Gasteiger partial charge in [-0.05, 0) is 19.3 Å². The van der Waals surface area contributed by atoms with Crippen molar-refractivity contribution in [3.05, 3.63) is 68.3 Å². The van der Waals surface area contributed by atoms with Crippen LogP contribution in [-0.4, -0.2) is 8.07 Å². The first kappa shape index (κ1) is 21.7. The highest BCUT2D eigenvalue weighted by Crippen LogP contribution is 2.29. The van der Waals surface area contributed by atoms with Crippen LogP contribution in [0, 0.1) is 0 Å². The van der Waals surface area contributed by atoms with Crippen LogP contribution in [0.25, 0.3) is 0 Å². The van der Waals surface area contributed by atoms with E-state index in [-0.39, 0.29) is 0 Å². The number of hydrogen-bond donors (Lipinski definition) is 0. The maximum atomic E-state index is 3.89. The summed E-state index contributed by atoms with van der Waals surface area (Å²) < 4.78 is 0. The van der Waals surface area contributed by atoms with Gasteiger partial charge in [0.2, 0.25) is 0 Å². The lowest BCUT2D eigenvalue weighted by Crippen LogP contribution is -2.47. The summed E-state index contributed by atoms with van der Waals surface area (Å²) in [6, 6.07) is 15.8. The fourth-order valence-electron chi connectivity index (χ4n) is 3.86. The highest BCUT2D eigenvalue weighted by molar-refractivity contribution is 6.91. The average molecular weight is 355 g/mol. The second kappa shape index (κ2) is 13.9. The van der Waals surface area contributed by atoms with Crippen molar-refractivity contribution in [2.24, 2.45) is 0 Å². The molecular weight excluding hydrogens is 316 g/mol. The normalized spacial score (nSPS) is 11.2. The maximum Gasteiger partial charge on any atom is 0.0867 e. The molecule has 0 radical (unpaired) electrons. The smallest absolute Gasteiger partial charge is 0.0867 e. The van der Waals surface area contributed by atoms with E-state index in [0.717, 1.165) is 19.3 Å². The lowest BCUT2D eigenvalue weighted by atomic mass is 10.2. The minimum Gasteiger partial charge on any atom is -0.103 e. The Morgan fingerprint density at radius 2 is 1.00 bits per heavy atom. The average Bonchev–Trinajstić information content (AvgIpc) is 2.66. The minimum atomic E-state index is -1.42. The van der Waals surface area contributed by atoms with Crippen LogP contribution < -0.4 is 5.19 Å². The van der Waals surface area contributed by atoms with E-state index in [1.54, 1.807) is 5.19 Å². The molecule has 0 heterocycles. The van der Waals surface area contributed by atoms with Crippen molar-refractivity contribution in [2.75, 3.05) is 0 Å². The Balaban J connectivity index is 2.86. The molecule has 138 valence electrons. The van der Waals surface area contributed by atoms with Gasteiger partial charge >= 0.3 is 0 Å². The molecule has 1 rings (SSSR count). The Bertz CT molecular complexity index is 433. The van der Waals surface area contributed by atoms with Crippen LogP contribution in [0.3, 0.4) is 0 Å². The van der Waals surface area contributed by atoms with Crippen molar-refractivity contribution in [1.82, 2.24) is 0 Å². The van der Waals surface area contributed by atoms with Crippen molar-refractivity contribution < 1.29 is 0 Å². The van der Waals surface area contributed by atoms with Crippen LogP contribution in [0.1, 0.15) is 57.8 Å². The number of rotatable bonds is 16. The number of hydrogen-bond acceptors (Lipinski definition) is 0. The molecule has 0 N–H and O–H groups in total. The van der Waals surface area contributed by atoms with Crippen LogP contribution in [0.5, 0.6) is 0 Å². The van der Waals surface area contributed by atoms with Crippen molar-refractivity contribution >= 4 is 13.3 Å². The summed E-state index contributed by atoms with van der Waals surface area (Å²) in [5, 5.41) is 1.69. The van der Waals surface area contributed by atoms with E-state index in [9.17, 15) is 0 Å². The summed E-state index contributed by atoms with van der Waals surface area (Å²) in [5.74, 6) is 0. The second-order valence-corrected chi connectivity index (χ2v) is 11.9. The summed E-state index contributed by atoms with van der Waals surface area (Å²) in [7, 11) is -1.42. The standard InChI is InChI=1S/C24H38Si/c1-4-7-10-16-21-25(22-17-11-8-5-2,23-18-12-9-6-3)24-19-14-13-15-20-24/h4-6,13-15,19-20H,1-3,7-12,16-18,21-23H2. The molecule has 0 bridgehead atoms. The van der Waals surface area contributed by atoms with Crippen LogP contribution >= 0.6 is 0 Å². The third-order valence-electron chi connectivity index (χ3n) is 5.33. The zero-order valence-corrected chi connectivity index (χ0v) is 17.2. The van der Waals surface area contributed by atoms with E-state index >= 15 is 0 Å². The van der Waals surface area contributed by atoms with Crippen molar-refractivity contribution in [1.29, 1.82) is 0 Å². The SMILES string of the molecule is C=CCCCC[Si](CCCCC=C)(CCCCC=C)c1ccccc1. The van der Waals surface area contributed by atoms with Gasteiger partial charge in [-0.15, -0.1) is 19.7 Å². The summed E-state index contributed by atoms with van der Waals surface area (Å²) in [6.07, 6.45) is 17.6. The van der Waals surface area contributed by atoms with Gasteiger partial charge in [0.15, 0.2) is 0 Å². The lowest BCUT2D eigenvalue weighted by Gasteiger charge is -2.33. The quantitative estimate of drug-likeness (QED) is 0.165. The third-order valence-corrected chi connectivity index (χ3v) is 10.8. The van der Waals surface area contributed by atoms with Gasteiger partial charge in [0.05, 0.1) is 8.07 Å². The van der Waals surface area contributed by atoms with E-state index in [2.05, 4.69) is 68.3 Å². The summed E-state index contributed by atoms with van der Waals surface area (Å²) in [4.78, 5) is 0. The Hall–Kier alpha value is -1.34. The topological polar surface area (TPSA) is 0 Å². The predicted octanol–water partition coefficient (Wildman–Crippen LogP) is 7.41. The minimum absolute atomic E-state index is 1.16. The molecule has 0 amide bonds. The van der Waals surface area contributed by atoms with E-state index in [0.29, 0.717) is 0 Å². The molecule has 1 aromatic rings. The molecule has 0 aliphatic rings. The van der Waals surface area contributed by atoms with Gasteiger partial charge in [-0.25, -0.2) is 0 Å². The van der Waals surface area contributed by atoms with Gasteiger partial charge in [-0.3, -0.25) is 0 Å². The fraction of sp³-hybridized carbons (Fsp3) is 0.500. The van der Waals surface area contributed by atoms with Crippen molar-refractivity contribution in [2.45, 2.75) is 75.9 Å². The molecule has 0 aliphatic carbocycles. The van der Waals surface area contributed by atoms with Crippen LogP contribution in [0.2, 0.25) is 18.1 Å². The van der Waals surface area contributed by atoms with E-state index < -0.39 is 8.07 Å². The summed E-state index contributed by atoms with van der Waals surface area (Å²) in [5.41, 5.74) is 0. The first-order valence-electron chi connectivity index (χ1n) is 10.2. The van der Waals surface area contributed by atoms with Gasteiger partial charge in [-0.2, -0.15) is 0 Å². The highest BCUT2D eigenvalue weighted by atomic mass is 28.3. The van der Waals surface area contributed by atoms with Crippen LogP contribution in [0.15, 0.2) is 68.3 Å². The molecule has 0 spiro atoms. The Morgan fingerprint density at radius 1 is 0.600 bits per heavy atom. The first-order valence-corrected chi connectivity index (χ1v) is 12.8. The molecule has 0 unspecified atom stereocenters. The van der Waals surface area contributed by atoms with Gasteiger partial charge in [0, 0.05) is 0 Å². The Labute approximate surface area is 157 Å². The molecular formula is C24H38Si. The molecule has 0 saturated heterocycles. The molecule has 0 aromatic heterocycles. The molecule has 0 nitrogen and oxygen atoms in total. The van der Waals surface area contributed by atoms with Gasteiger partial charge in [-0.1, -0.05) is 110 Å². The number of unbranched alkanes of at least 4 members (excludes halogenated alkanes) is 6. The molecule has 25 heavy (non-hydrogen) atoms. The number of allylic oxidation sites excluding steroid dienone is 3. The van der Waals surface area contributed by atoms with Gasteiger partial charge < -0.3 is 0 Å². The highest BCUT2D eigenvalue weighted by Gasteiger charge is 2.33. The maximum absolute atomic E-state index is 3.89. The fourth-order valence-corrected chi connectivity index (χ4v) is 9.15. The Morgan fingerprint density at radius 3 is 1.36 bits per heavy atom. The van der Waals surface area contributed by atoms with Gasteiger partial charge in [0.25, 0.3) is 0 Å². The largest absolute Gasteiger partial charge is 0.103 e. The molecule has 0 saturated carbocycles. The zero-order chi connectivity index (χ0) is 18.2. The number of benzene rings is 1. The summed E-state index contributed by atoms with van der Waals surface area (Å²) in [6.45, 7) is 11.7. The molecule has 0 aliphatic heterocycles. The molecule has 1 aromatic carbocycles. The zero-order valence-electron chi connectivity index (χ0n) is 16.2. The molecule has 0 atom stereocenters. The van der Waals surface area contributed by atoms with Gasteiger partial charge in [0.1, 0.15) is 0 Å². The summed E-state index contributed by atoms with van der Waals surface area (Å²) >= 11 is 0. The molecule has 1 heteroatoms. The van der Waals surface area contributed by atoms with E-state index in [1.807, 2.05) is 0 Å². The first-order chi connectivity index (χ1) is 12.3. The van der Waals surface area contributed by atoms with Crippen molar-refractivity contribution in [3.8, 4) is 0 Å². The predicted molar refractivity (Wildman–Crippen MR) is 118 cm³/mol. The van der Waals surface area contributed by atoms with E-state index in [1.165, 1.54) is 56.7 Å². The van der Waals surface area contributed by atoms with E-state index in [4.69, 9.17) is 0 Å². The van der Waals surface area contributed by atoms with Crippen LogP contribution in [-0.2, 0) is 0 Å².